The number of benzene rings is 1. The summed E-state index contributed by atoms with van der Waals surface area (Å²) in [6, 6.07) is 5.58. The zero-order chi connectivity index (χ0) is 12.3. The van der Waals surface area contributed by atoms with Crippen LogP contribution in [0.1, 0.15) is 11.1 Å². The number of carbonyl (C=O) groups excluding carboxylic acids is 2. The van der Waals surface area contributed by atoms with Crippen molar-refractivity contribution in [3.8, 4) is 5.75 Å². The molecule has 1 aliphatic heterocycles. The molecule has 5 nitrogen and oxygen atoms in total. The van der Waals surface area contributed by atoms with Gasteiger partial charge in [-0.1, -0.05) is 12.1 Å². The molecule has 0 aliphatic carbocycles. The largest absolute Gasteiger partial charge is 0.482 e. The van der Waals surface area contributed by atoms with Crippen molar-refractivity contribution in [3.05, 3.63) is 29.3 Å². The zero-order valence-corrected chi connectivity index (χ0v) is 9.51. The second-order valence-electron chi connectivity index (χ2n) is 3.77. The van der Waals surface area contributed by atoms with Crippen LogP contribution >= 0.6 is 0 Å². The maximum atomic E-state index is 11.0. The second-order valence-corrected chi connectivity index (χ2v) is 3.77. The Morgan fingerprint density at radius 1 is 1.47 bits per heavy atom. The number of carbonyl (C=O) groups is 2. The first-order chi connectivity index (χ1) is 8.24. The highest BCUT2D eigenvalue weighted by atomic mass is 16.6. The summed E-state index contributed by atoms with van der Waals surface area (Å²) in [6.07, 6.45) is 0.810. The highest BCUT2D eigenvalue weighted by Gasteiger charge is 2.21. The van der Waals surface area contributed by atoms with E-state index in [1.807, 2.05) is 12.1 Å². The summed E-state index contributed by atoms with van der Waals surface area (Å²) in [7, 11) is 1.31. The average molecular weight is 235 g/mol. The van der Waals surface area contributed by atoms with Crippen LogP contribution in [-0.4, -0.2) is 31.0 Å². The monoisotopic (exact) mass is 235 g/mol. The molecule has 1 aromatic rings. The Hall–Kier alpha value is -2.04. The first kappa shape index (κ1) is 11.4. The SMILES string of the molecule is COC(=O)COc1cccc2c1CN(C=O)C2. The molecule has 0 spiro atoms. The average Bonchev–Trinajstić information content (AvgIpc) is 2.79. The van der Waals surface area contributed by atoms with Crippen LogP contribution in [0.15, 0.2) is 18.2 Å². The fourth-order valence-corrected chi connectivity index (χ4v) is 1.82. The Morgan fingerprint density at radius 3 is 3.00 bits per heavy atom. The first-order valence-corrected chi connectivity index (χ1v) is 5.24. The van der Waals surface area contributed by atoms with Crippen molar-refractivity contribution in [2.24, 2.45) is 0 Å². The summed E-state index contributed by atoms with van der Waals surface area (Å²) in [4.78, 5) is 23.4. The van der Waals surface area contributed by atoms with Crippen LogP contribution in [0, 0.1) is 0 Å². The van der Waals surface area contributed by atoms with Gasteiger partial charge in [0.05, 0.1) is 7.11 Å². The van der Waals surface area contributed by atoms with Crippen LogP contribution < -0.4 is 4.74 Å². The maximum Gasteiger partial charge on any atom is 0.343 e. The van der Waals surface area contributed by atoms with Crippen LogP contribution in [0.5, 0.6) is 5.75 Å². The van der Waals surface area contributed by atoms with Crippen molar-refractivity contribution in [1.82, 2.24) is 4.90 Å². The topological polar surface area (TPSA) is 55.8 Å². The standard InChI is InChI=1S/C12H13NO4/c1-16-12(15)7-17-11-4-2-3-9-5-13(8-14)6-10(9)11/h2-4,8H,5-7H2,1H3. The highest BCUT2D eigenvalue weighted by Crippen LogP contribution is 2.29. The molecule has 90 valence electrons. The number of esters is 1. The number of rotatable bonds is 4. The molecule has 0 saturated heterocycles. The Kier molecular flexibility index (Phi) is 3.27. The highest BCUT2D eigenvalue weighted by molar-refractivity contribution is 5.71. The van der Waals surface area contributed by atoms with Gasteiger partial charge in [-0.05, 0) is 11.6 Å². The van der Waals surface area contributed by atoms with Crippen molar-refractivity contribution in [3.63, 3.8) is 0 Å². The molecule has 0 fully saturated rings. The summed E-state index contributed by atoms with van der Waals surface area (Å²) in [5.74, 6) is 0.213. The molecule has 0 bridgehead atoms. The Labute approximate surface area is 98.9 Å². The van der Waals surface area contributed by atoms with E-state index in [0.717, 1.165) is 17.5 Å². The molecule has 0 N–H and O–H groups in total. The molecule has 0 radical (unpaired) electrons. The first-order valence-electron chi connectivity index (χ1n) is 5.24. The van der Waals surface area contributed by atoms with Gasteiger partial charge in [0.2, 0.25) is 6.41 Å². The lowest BCUT2D eigenvalue weighted by Crippen LogP contribution is -2.14. The molecule has 1 amide bonds. The van der Waals surface area contributed by atoms with Gasteiger partial charge in [-0.15, -0.1) is 0 Å². The van der Waals surface area contributed by atoms with Gasteiger partial charge < -0.3 is 14.4 Å². The second kappa shape index (κ2) is 4.86. The summed E-state index contributed by atoms with van der Waals surface area (Å²) in [5.41, 5.74) is 2.02. The van der Waals surface area contributed by atoms with E-state index < -0.39 is 5.97 Å². The van der Waals surface area contributed by atoms with Crippen molar-refractivity contribution >= 4 is 12.4 Å². The van der Waals surface area contributed by atoms with E-state index in [9.17, 15) is 9.59 Å². The minimum Gasteiger partial charge on any atom is -0.482 e. The molecule has 1 aromatic carbocycles. The molecule has 0 aromatic heterocycles. The van der Waals surface area contributed by atoms with Crippen molar-refractivity contribution in [2.45, 2.75) is 13.1 Å². The zero-order valence-electron chi connectivity index (χ0n) is 9.51. The number of hydrogen-bond acceptors (Lipinski definition) is 4. The van der Waals surface area contributed by atoms with E-state index in [1.165, 1.54) is 7.11 Å². The fraction of sp³-hybridized carbons (Fsp3) is 0.333. The van der Waals surface area contributed by atoms with E-state index >= 15 is 0 Å². The van der Waals surface area contributed by atoms with Gasteiger partial charge in [0.1, 0.15) is 5.75 Å². The van der Waals surface area contributed by atoms with E-state index in [-0.39, 0.29) is 6.61 Å². The Morgan fingerprint density at radius 2 is 2.29 bits per heavy atom. The molecular weight excluding hydrogens is 222 g/mol. The number of fused-ring (bicyclic) bond motifs is 1. The molecule has 1 aliphatic rings. The molecule has 17 heavy (non-hydrogen) atoms. The summed E-state index contributed by atoms with van der Waals surface area (Å²) >= 11 is 0. The van der Waals surface area contributed by atoms with Gasteiger partial charge in [0, 0.05) is 18.7 Å². The summed E-state index contributed by atoms with van der Waals surface area (Å²) in [5, 5.41) is 0. The maximum absolute atomic E-state index is 11.0. The molecule has 0 saturated carbocycles. The lowest BCUT2D eigenvalue weighted by atomic mass is 10.1. The van der Waals surface area contributed by atoms with Gasteiger partial charge in [-0.25, -0.2) is 4.79 Å². The Bertz CT molecular complexity index is 444. The normalized spacial score (nSPS) is 13.1. The lowest BCUT2D eigenvalue weighted by molar-refractivity contribution is -0.142. The van der Waals surface area contributed by atoms with Gasteiger partial charge in [0.15, 0.2) is 6.61 Å². The predicted molar refractivity (Wildman–Crippen MR) is 59.3 cm³/mol. The number of hydrogen-bond donors (Lipinski definition) is 0. The van der Waals surface area contributed by atoms with Gasteiger partial charge in [-0.2, -0.15) is 0 Å². The molecule has 0 atom stereocenters. The van der Waals surface area contributed by atoms with E-state index in [0.29, 0.717) is 18.8 Å². The third-order valence-electron chi connectivity index (χ3n) is 2.69. The van der Waals surface area contributed by atoms with Crippen LogP contribution in [0.3, 0.4) is 0 Å². The predicted octanol–water partition coefficient (Wildman–Crippen LogP) is 0.710. The smallest absolute Gasteiger partial charge is 0.343 e. The molecule has 0 unspecified atom stereocenters. The quantitative estimate of drug-likeness (QED) is 0.569. The summed E-state index contributed by atoms with van der Waals surface area (Å²) in [6.45, 7) is 0.998. The van der Waals surface area contributed by atoms with Gasteiger partial charge >= 0.3 is 5.97 Å². The summed E-state index contributed by atoms with van der Waals surface area (Å²) < 4.78 is 9.88. The van der Waals surface area contributed by atoms with Crippen molar-refractivity contribution in [2.75, 3.05) is 13.7 Å². The van der Waals surface area contributed by atoms with Crippen LogP contribution in [-0.2, 0) is 27.4 Å². The molecular formula is C12H13NO4. The number of methoxy groups -OCH3 is 1. The minimum absolute atomic E-state index is 0.117. The van der Waals surface area contributed by atoms with Crippen LogP contribution in [0.2, 0.25) is 0 Å². The third-order valence-corrected chi connectivity index (χ3v) is 2.69. The molecule has 5 heteroatoms. The van der Waals surface area contributed by atoms with Gasteiger partial charge in [0.25, 0.3) is 0 Å². The van der Waals surface area contributed by atoms with Crippen molar-refractivity contribution in [1.29, 1.82) is 0 Å². The molecule has 2 rings (SSSR count). The lowest BCUT2D eigenvalue weighted by Gasteiger charge is -2.09. The Balaban J connectivity index is 2.12. The van der Waals surface area contributed by atoms with Crippen LogP contribution in [0.4, 0.5) is 0 Å². The van der Waals surface area contributed by atoms with Crippen molar-refractivity contribution < 1.29 is 19.1 Å². The fourth-order valence-electron chi connectivity index (χ4n) is 1.82. The van der Waals surface area contributed by atoms with E-state index in [1.54, 1.807) is 11.0 Å². The minimum atomic E-state index is -0.423. The van der Waals surface area contributed by atoms with Gasteiger partial charge in [-0.3, -0.25) is 4.79 Å². The number of amides is 1. The van der Waals surface area contributed by atoms with E-state index in [2.05, 4.69) is 4.74 Å². The number of nitrogens with zero attached hydrogens (tertiary/aromatic N) is 1. The number of ether oxygens (including phenoxy) is 2. The third kappa shape index (κ3) is 2.38. The van der Waals surface area contributed by atoms with Crippen LogP contribution in [0.25, 0.3) is 0 Å². The van der Waals surface area contributed by atoms with E-state index in [4.69, 9.17) is 4.74 Å². The molecule has 1 heterocycles.